The number of fused-ring (bicyclic) bond motifs is 2. The number of carbonyl (C=O) groups excluding carboxylic acids is 1. The lowest BCUT2D eigenvalue weighted by atomic mass is 10.1. The van der Waals surface area contributed by atoms with Crippen LogP contribution in [0.2, 0.25) is 0 Å². The summed E-state index contributed by atoms with van der Waals surface area (Å²) in [5, 5.41) is 1.07. The van der Waals surface area contributed by atoms with E-state index in [0.29, 0.717) is 18.9 Å². The number of hydrogen-bond acceptors (Lipinski definition) is 4. The SMILES string of the molecule is CC(=O)n1cc(CN2CCc3nc(-c4ccccc4)[nH]c(=O)c3C2)c2ccccc21. The molecule has 30 heavy (non-hydrogen) atoms. The van der Waals surface area contributed by atoms with Crippen molar-refractivity contribution in [2.75, 3.05) is 6.54 Å². The van der Waals surface area contributed by atoms with E-state index in [0.717, 1.165) is 46.3 Å². The van der Waals surface area contributed by atoms with E-state index in [1.54, 1.807) is 11.5 Å². The average molecular weight is 398 g/mol. The second-order valence-electron chi connectivity index (χ2n) is 7.73. The maximum Gasteiger partial charge on any atom is 0.255 e. The van der Waals surface area contributed by atoms with Crippen LogP contribution in [0.4, 0.5) is 0 Å². The van der Waals surface area contributed by atoms with Gasteiger partial charge in [0, 0.05) is 50.1 Å². The van der Waals surface area contributed by atoms with Gasteiger partial charge in [-0.05, 0) is 11.6 Å². The Labute approximate surface area is 173 Å². The van der Waals surface area contributed by atoms with Crippen LogP contribution in [0, 0.1) is 0 Å². The Kier molecular flexibility index (Phi) is 4.56. The van der Waals surface area contributed by atoms with Crippen LogP contribution in [0.5, 0.6) is 0 Å². The van der Waals surface area contributed by atoms with E-state index in [4.69, 9.17) is 4.98 Å². The number of H-pyrrole nitrogens is 1. The van der Waals surface area contributed by atoms with Crippen molar-refractivity contribution >= 4 is 16.8 Å². The lowest BCUT2D eigenvalue weighted by molar-refractivity contribution is 0.0941. The van der Waals surface area contributed by atoms with Crippen molar-refractivity contribution in [2.45, 2.75) is 26.4 Å². The van der Waals surface area contributed by atoms with Gasteiger partial charge in [-0.15, -0.1) is 0 Å². The molecule has 6 heteroatoms. The maximum atomic E-state index is 12.8. The second kappa shape index (κ2) is 7.39. The van der Waals surface area contributed by atoms with Crippen molar-refractivity contribution in [3.05, 3.63) is 88.0 Å². The monoisotopic (exact) mass is 398 g/mol. The lowest BCUT2D eigenvalue weighted by Gasteiger charge is -2.27. The topological polar surface area (TPSA) is 71.0 Å². The molecule has 150 valence electrons. The highest BCUT2D eigenvalue weighted by molar-refractivity contribution is 5.93. The van der Waals surface area contributed by atoms with Crippen molar-refractivity contribution < 1.29 is 4.79 Å². The molecule has 0 saturated carbocycles. The average Bonchev–Trinajstić information content (AvgIpc) is 3.13. The molecule has 6 nitrogen and oxygen atoms in total. The van der Waals surface area contributed by atoms with Crippen molar-refractivity contribution in [3.63, 3.8) is 0 Å². The highest BCUT2D eigenvalue weighted by Crippen LogP contribution is 2.25. The van der Waals surface area contributed by atoms with E-state index in [-0.39, 0.29) is 11.5 Å². The molecule has 2 aromatic carbocycles. The fourth-order valence-electron chi connectivity index (χ4n) is 4.23. The van der Waals surface area contributed by atoms with Crippen molar-refractivity contribution in [1.82, 2.24) is 19.4 Å². The largest absolute Gasteiger partial charge is 0.306 e. The standard InChI is InChI=1S/C24H22N4O2/c1-16(29)28-14-18(19-9-5-6-10-22(19)28)13-27-12-11-21-20(15-27)24(30)26-23(25-21)17-7-3-2-4-8-17/h2-10,14H,11-13,15H2,1H3,(H,25,26,30). The van der Waals surface area contributed by atoms with Crippen LogP contribution in [-0.4, -0.2) is 31.9 Å². The third-order valence-electron chi connectivity index (χ3n) is 5.72. The highest BCUT2D eigenvalue weighted by atomic mass is 16.1. The van der Waals surface area contributed by atoms with Gasteiger partial charge < -0.3 is 4.98 Å². The van der Waals surface area contributed by atoms with Crippen LogP contribution in [0.1, 0.15) is 28.5 Å². The van der Waals surface area contributed by atoms with Gasteiger partial charge in [-0.2, -0.15) is 0 Å². The Morgan fingerprint density at radius 3 is 2.67 bits per heavy atom. The van der Waals surface area contributed by atoms with Crippen molar-refractivity contribution in [1.29, 1.82) is 0 Å². The number of para-hydroxylation sites is 1. The first kappa shape index (κ1) is 18.5. The normalized spacial score (nSPS) is 14.0. The van der Waals surface area contributed by atoms with Gasteiger partial charge in [0.05, 0.1) is 16.8 Å². The molecule has 0 radical (unpaired) electrons. The van der Waals surface area contributed by atoms with E-state index in [1.165, 1.54) is 0 Å². The molecular formula is C24H22N4O2. The molecule has 0 saturated heterocycles. The Morgan fingerprint density at radius 1 is 1.10 bits per heavy atom. The van der Waals surface area contributed by atoms with E-state index in [2.05, 4.69) is 9.88 Å². The van der Waals surface area contributed by atoms with Gasteiger partial charge in [0.1, 0.15) is 5.82 Å². The molecule has 5 rings (SSSR count). The summed E-state index contributed by atoms with van der Waals surface area (Å²) in [6.45, 7) is 3.62. The Bertz CT molecular complexity index is 1300. The van der Waals surface area contributed by atoms with Gasteiger partial charge in [-0.3, -0.25) is 19.1 Å². The minimum Gasteiger partial charge on any atom is -0.306 e. The van der Waals surface area contributed by atoms with Gasteiger partial charge in [0.15, 0.2) is 0 Å². The number of nitrogens with zero attached hydrogens (tertiary/aromatic N) is 3. The number of aromatic amines is 1. The summed E-state index contributed by atoms with van der Waals surface area (Å²) in [5.74, 6) is 0.618. The van der Waals surface area contributed by atoms with Gasteiger partial charge in [0.25, 0.3) is 5.56 Å². The van der Waals surface area contributed by atoms with Crippen LogP contribution >= 0.6 is 0 Å². The number of aromatic nitrogens is 3. The molecule has 0 amide bonds. The summed E-state index contributed by atoms with van der Waals surface area (Å²) in [4.78, 5) is 34.7. The molecule has 2 aromatic heterocycles. The first-order chi connectivity index (χ1) is 14.6. The summed E-state index contributed by atoms with van der Waals surface area (Å²) in [7, 11) is 0. The quantitative estimate of drug-likeness (QED) is 0.572. The first-order valence-corrected chi connectivity index (χ1v) is 10.1. The lowest BCUT2D eigenvalue weighted by Crippen LogP contribution is -2.35. The van der Waals surface area contributed by atoms with Gasteiger partial charge in [-0.1, -0.05) is 48.5 Å². The van der Waals surface area contributed by atoms with Gasteiger partial charge >= 0.3 is 0 Å². The van der Waals surface area contributed by atoms with Crippen LogP contribution in [-0.2, 0) is 19.5 Å². The zero-order valence-electron chi connectivity index (χ0n) is 16.8. The number of hydrogen-bond donors (Lipinski definition) is 1. The highest BCUT2D eigenvalue weighted by Gasteiger charge is 2.23. The van der Waals surface area contributed by atoms with E-state index < -0.39 is 0 Å². The summed E-state index contributed by atoms with van der Waals surface area (Å²) in [5.41, 5.74) is 4.46. The minimum atomic E-state index is -0.0743. The molecular weight excluding hydrogens is 376 g/mol. The molecule has 0 bridgehead atoms. The fourth-order valence-corrected chi connectivity index (χ4v) is 4.23. The molecule has 1 aliphatic heterocycles. The molecule has 1 N–H and O–H groups in total. The summed E-state index contributed by atoms with van der Waals surface area (Å²) >= 11 is 0. The molecule has 0 spiro atoms. The molecule has 0 unspecified atom stereocenters. The number of benzene rings is 2. The summed E-state index contributed by atoms with van der Waals surface area (Å²) in [6.07, 6.45) is 2.65. The van der Waals surface area contributed by atoms with Crippen LogP contribution in [0.15, 0.2) is 65.6 Å². The van der Waals surface area contributed by atoms with Gasteiger partial charge in [-0.25, -0.2) is 4.98 Å². The zero-order valence-corrected chi connectivity index (χ0v) is 16.8. The molecule has 0 fully saturated rings. The summed E-state index contributed by atoms with van der Waals surface area (Å²) in [6, 6.07) is 17.7. The van der Waals surface area contributed by atoms with E-state index >= 15 is 0 Å². The van der Waals surface area contributed by atoms with Gasteiger partial charge in [0.2, 0.25) is 5.91 Å². The van der Waals surface area contributed by atoms with E-state index in [9.17, 15) is 9.59 Å². The predicted molar refractivity (Wildman–Crippen MR) is 116 cm³/mol. The zero-order chi connectivity index (χ0) is 20.7. The third-order valence-corrected chi connectivity index (χ3v) is 5.72. The molecule has 3 heterocycles. The number of rotatable bonds is 3. The molecule has 4 aromatic rings. The third kappa shape index (κ3) is 3.25. The van der Waals surface area contributed by atoms with Crippen LogP contribution < -0.4 is 5.56 Å². The first-order valence-electron chi connectivity index (χ1n) is 10.1. The minimum absolute atomic E-state index is 0.00414. The summed E-state index contributed by atoms with van der Waals surface area (Å²) < 4.78 is 1.70. The fraction of sp³-hybridized carbons (Fsp3) is 0.208. The maximum absolute atomic E-state index is 12.8. The predicted octanol–water partition coefficient (Wildman–Crippen LogP) is 3.61. The Hall–Kier alpha value is -3.51. The number of carbonyl (C=O) groups is 1. The molecule has 1 aliphatic rings. The van der Waals surface area contributed by atoms with Crippen LogP contribution in [0.25, 0.3) is 22.3 Å². The Balaban J connectivity index is 1.44. The number of nitrogens with one attached hydrogen (secondary N) is 1. The van der Waals surface area contributed by atoms with Crippen LogP contribution in [0.3, 0.4) is 0 Å². The Morgan fingerprint density at radius 2 is 1.87 bits per heavy atom. The molecule has 0 atom stereocenters. The van der Waals surface area contributed by atoms with Crippen molar-refractivity contribution in [2.24, 2.45) is 0 Å². The molecule has 0 aliphatic carbocycles. The second-order valence-corrected chi connectivity index (χ2v) is 7.73. The van der Waals surface area contributed by atoms with Crippen molar-refractivity contribution in [3.8, 4) is 11.4 Å². The van der Waals surface area contributed by atoms with E-state index in [1.807, 2.05) is 60.8 Å². The smallest absolute Gasteiger partial charge is 0.255 e.